The Bertz CT molecular complexity index is 620. The molecule has 0 saturated heterocycles. The highest BCUT2D eigenvalue weighted by molar-refractivity contribution is 9.10. The largest absolute Gasteiger partial charge is 0.390 e. The lowest BCUT2D eigenvalue weighted by molar-refractivity contribution is 0.165. The number of benzene rings is 1. The summed E-state index contributed by atoms with van der Waals surface area (Å²) in [7, 11) is 0. The van der Waals surface area contributed by atoms with E-state index in [1.54, 1.807) is 12.3 Å². The molecular formula is C14H12BrClN2O. The van der Waals surface area contributed by atoms with E-state index in [0.29, 0.717) is 17.3 Å². The number of halogens is 2. The fraction of sp³-hybridized carbons (Fsp3) is 0.214. The van der Waals surface area contributed by atoms with E-state index in [2.05, 4.69) is 26.2 Å². The molecule has 2 N–H and O–H groups in total. The molecule has 1 aliphatic rings. The topological polar surface area (TPSA) is 45.1 Å². The van der Waals surface area contributed by atoms with Crippen LogP contribution >= 0.6 is 27.5 Å². The Morgan fingerprint density at radius 2 is 2.16 bits per heavy atom. The number of nitrogens with one attached hydrogen (secondary N) is 1. The van der Waals surface area contributed by atoms with Crippen LogP contribution in [0.4, 0.5) is 5.82 Å². The molecule has 0 fully saturated rings. The van der Waals surface area contributed by atoms with Crippen molar-refractivity contribution in [3.63, 3.8) is 0 Å². The van der Waals surface area contributed by atoms with Crippen molar-refractivity contribution in [2.75, 3.05) is 5.32 Å². The van der Waals surface area contributed by atoms with Crippen molar-refractivity contribution in [1.82, 2.24) is 4.98 Å². The summed E-state index contributed by atoms with van der Waals surface area (Å²) in [5.74, 6) is 0.589. The maximum atomic E-state index is 10.2. The first-order valence-corrected chi connectivity index (χ1v) is 7.15. The molecule has 0 spiro atoms. The van der Waals surface area contributed by atoms with Crippen molar-refractivity contribution in [2.24, 2.45) is 0 Å². The SMILES string of the molecule is O[C@H]1Cc2ccccc2[C@H]1Nc1ncc(Br)cc1Cl. The number of aliphatic hydroxyl groups excluding tert-OH is 1. The Kier molecular flexibility index (Phi) is 3.48. The lowest BCUT2D eigenvalue weighted by Gasteiger charge is -2.19. The zero-order valence-electron chi connectivity index (χ0n) is 9.98. The van der Waals surface area contributed by atoms with Gasteiger partial charge >= 0.3 is 0 Å². The molecule has 1 heterocycles. The first-order chi connectivity index (χ1) is 9.15. The molecule has 1 aromatic carbocycles. The molecule has 1 aliphatic carbocycles. The second-order valence-electron chi connectivity index (χ2n) is 4.58. The van der Waals surface area contributed by atoms with Gasteiger partial charge in [-0.3, -0.25) is 0 Å². The van der Waals surface area contributed by atoms with Crippen LogP contribution in [-0.2, 0) is 6.42 Å². The molecule has 5 heteroatoms. The standard InChI is InChI=1S/C14H12BrClN2O/c15-9-6-11(16)14(17-7-9)18-13-10-4-2-1-3-8(10)5-12(13)19/h1-4,6-7,12-13,19H,5H2,(H,17,18)/t12-,13+/m0/s1. The zero-order chi connectivity index (χ0) is 13.4. The van der Waals surface area contributed by atoms with Crippen molar-refractivity contribution >= 4 is 33.3 Å². The number of nitrogens with zero attached hydrogens (tertiary/aromatic N) is 1. The first-order valence-electron chi connectivity index (χ1n) is 5.98. The monoisotopic (exact) mass is 338 g/mol. The summed E-state index contributed by atoms with van der Waals surface area (Å²) < 4.78 is 0.829. The van der Waals surface area contributed by atoms with Crippen LogP contribution in [0.1, 0.15) is 17.2 Å². The van der Waals surface area contributed by atoms with Crippen molar-refractivity contribution in [1.29, 1.82) is 0 Å². The maximum Gasteiger partial charge on any atom is 0.145 e. The molecule has 0 unspecified atom stereocenters. The van der Waals surface area contributed by atoms with E-state index in [4.69, 9.17) is 11.6 Å². The second-order valence-corrected chi connectivity index (χ2v) is 5.90. The van der Waals surface area contributed by atoms with Crippen LogP contribution in [0.2, 0.25) is 5.02 Å². The Balaban J connectivity index is 1.91. The molecule has 3 nitrogen and oxygen atoms in total. The summed E-state index contributed by atoms with van der Waals surface area (Å²) in [6.07, 6.45) is 1.88. The van der Waals surface area contributed by atoms with E-state index >= 15 is 0 Å². The number of aliphatic hydroxyl groups is 1. The number of rotatable bonds is 2. The lowest BCUT2D eigenvalue weighted by Crippen LogP contribution is -2.21. The summed E-state index contributed by atoms with van der Waals surface area (Å²) in [4.78, 5) is 4.25. The molecule has 1 aromatic heterocycles. The van der Waals surface area contributed by atoms with E-state index < -0.39 is 6.10 Å². The highest BCUT2D eigenvalue weighted by Gasteiger charge is 2.31. The van der Waals surface area contributed by atoms with Gasteiger partial charge in [-0.2, -0.15) is 0 Å². The molecule has 3 rings (SSSR count). The van der Waals surface area contributed by atoms with Gasteiger partial charge in [0.2, 0.25) is 0 Å². The number of pyridine rings is 1. The van der Waals surface area contributed by atoms with E-state index in [1.807, 2.05) is 24.3 Å². The molecule has 2 atom stereocenters. The predicted molar refractivity (Wildman–Crippen MR) is 79.5 cm³/mol. The van der Waals surface area contributed by atoms with Gasteiger partial charge in [0, 0.05) is 17.1 Å². The Morgan fingerprint density at radius 1 is 1.37 bits per heavy atom. The molecule has 0 radical (unpaired) electrons. The third-order valence-corrected chi connectivity index (χ3v) is 4.03. The highest BCUT2D eigenvalue weighted by atomic mass is 79.9. The van der Waals surface area contributed by atoms with Gasteiger partial charge in [-0.15, -0.1) is 0 Å². The zero-order valence-corrected chi connectivity index (χ0v) is 12.3. The fourth-order valence-corrected chi connectivity index (χ4v) is 3.10. The van der Waals surface area contributed by atoms with Crippen molar-refractivity contribution in [3.8, 4) is 0 Å². The normalized spacial score (nSPS) is 21.2. The fourth-order valence-electron chi connectivity index (χ4n) is 2.42. The summed E-state index contributed by atoms with van der Waals surface area (Å²) in [6.45, 7) is 0. The highest BCUT2D eigenvalue weighted by Crippen LogP contribution is 2.35. The van der Waals surface area contributed by atoms with Gasteiger partial charge in [0.15, 0.2) is 0 Å². The van der Waals surface area contributed by atoms with E-state index in [-0.39, 0.29) is 6.04 Å². The first kappa shape index (κ1) is 12.9. The van der Waals surface area contributed by atoms with Crippen LogP contribution in [0.25, 0.3) is 0 Å². The number of hydrogen-bond acceptors (Lipinski definition) is 3. The van der Waals surface area contributed by atoms with Crippen molar-refractivity contribution < 1.29 is 5.11 Å². The van der Waals surface area contributed by atoms with E-state index in [1.165, 1.54) is 5.56 Å². The van der Waals surface area contributed by atoms with Crippen LogP contribution in [0.15, 0.2) is 41.0 Å². The van der Waals surface area contributed by atoms with Crippen LogP contribution in [0, 0.1) is 0 Å². The van der Waals surface area contributed by atoms with Crippen LogP contribution in [0.5, 0.6) is 0 Å². The van der Waals surface area contributed by atoms with Crippen molar-refractivity contribution in [3.05, 3.63) is 57.2 Å². The van der Waals surface area contributed by atoms with Gasteiger partial charge in [0.05, 0.1) is 17.2 Å². The molecule has 2 aromatic rings. The molecule has 98 valence electrons. The van der Waals surface area contributed by atoms with Gasteiger partial charge < -0.3 is 10.4 Å². The van der Waals surface area contributed by atoms with Gasteiger partial charge in [-0.1, -0.05) is 35.9 Å². The molecule has 0 aliphatic heterocycles. The number of anilines is 1. The van der Waals surface area contributed by atoms with Crippen LogP contribution < -0.4 is 5.32 Å². The summed E-state index contributed by atoms with van der Waals surface area (Å²) >= 11 is 9.47. The molecule has 19 heavy (non-hydrogen) atoms. The predicted octanol–water partition coefficient (Wildman–Crippen LogP) is 3.57. The molecule has 0 saturated carbocycles. The average Bonchev–Trinajstić information content (AvgIpc) is 2.69. The molecule has 0 amide bonds. The number of aromatic nitrogens is 1. The number of fused-ring (bicyclic) bond motifs is 1. The summed E-state index contributed by atoms with van der Waals surface area (Å²) in [5, 5.41) is 13.9. The number of hydrogen-bond donors (Lipinski definition) is 2. The minimum atomic E-state index is -0.459. The van der Waals surface area contributed by atoms with Gasteiger partial charge in [0.25, 0.3) is 0 Å². The Hall–Kier alpha value is -1.10. The van der Waals surface area contributed by atoms with Gasteiger partial charge in [-0.25, -0.2) is 4.98 Å². The minimum Gasteiger partial charge on any atom is -0.390 e. The summed E-state index contributed by atoms with van der Waals surface area (Å²) in [6, 6.07) is 9.64. The second kappa shape index (κ2) is 5.12. The van der Waals surface area contributed by atoms with Crippen molar-refractivity contribution in [2.45, 2.75) is 18.6 Å². The third-order valence-electron chi connectivity index (χ3n) is 3.30. The maximum absolute atomic E-state index is 10.2. The van der Waals surface area contributed by atoms with E-state index in [9.17, 15) is 5.11 Å². The quantitative estimate of drug-likeness (QED) is 0.879. The van der Waals surface area contributed by atoms with Crippen LogP contribution in [0.3, 0.4) is 0 Å². The Morgan fingerprint density at radius 3 is 2.95 bits per heavy atom. The average molecular weight is 340 g/mol. The smallest absolute Gasteiger partial charge is 0.145 e. The van der Waals surface area contributed by atoms with Gasteiger partial charge in [0.1, 0.15) is 5.82 Å². The minimum absolute atomic E-state index is 0.164. The van der Waals surface area contributed by atoms with Crippen LogP contribution in [-0.4, -0.2) is 16.2 Å². The lowest BCUT2D eigenvalue weighted by atomic mass is 10.1. The van der Waals surface area contributed by atoms with E-state index in [0.717, 1.165) is 10.0 Å². The molecular weight excluding hydrogens is 328 g/mol. The Labute approximate surface area is 124 Å². The summed E-state index contributed by atoms with van der Waals surface area (Å²) in [5.41, 5.74) is 2.27. The third kappa shape index (κ3) is 2.48. The van der Waals surface area contributed by atoms with Gasteiger partial charge in [-0.05, 0) is 33.1 Å². The molecule has 0 bridgehead atoms.